The van der Waals surface area contributed by atoms with Crippen LogP contribution in [0.25, 0.3) is 16.6 Å². The Morgan fingerprint density at radius 1 is 0.857 bits per heavy atom. The van der Waals surface area contributed by atoms with Gasteiger partial charge in [-0.05, 0) is 37.3 Å². The minimum atomic E-state index is -2.33. The Morgan fingerprint density at radius 2 is 1.40 bits per heavy atom. The van der Waals surface area contributed by atoms with Crippen molar-refractivity contribution < 1.29 is 35.5 Å². The number of carbonyl (C=O) groups excluding carboxylic acids is 1. The van der Waals surface area contributed by atoms with E-state index in [1.54, 1.807) is 0 Å². The van der Waals surface area contributed by atoms with Gasteiger partial charge in [0.15, 0.2) is 34.9 Å². The molecule has 0 radical (unpaired) electrons. The normalized spacial score (nSPS) is 11.2. The Labute approximate surface area is 191 Å². The molecule has 1 N–H and O–H groups in total. The van der Waals surface area contributed by atoms with E-state index in [0.29, 0.717) is 0 Å². The van der Waals surface area contributed by atoms with E-state index in [2.05, 4.69) is 10.3 Å². The molecule has 0 saturated heterocycles. The maximum atomic E-state index is 13.8. The van der Waals surface area contributed by atoms with Gasteiger partial charge in [0.25, 0.3) is 5.56 Å². The monoisotopic (exact) mass is 495 g/mol. The van der Waals surface area contributed by atoms with E-state index in [0.717, 1.165) is 16.7 Å². The Morgan fingerprint density at radius 3 is 2.00 bits per heavy atom. The maximum absolute atomic E-state index is 13.8. The van der Waals surface area contributed by atoms with Crippen LogP contribution in [-0.4, -0.2) is 15.5 Å². The second-order valence-electron chi connectivity index (χ2n) is 7.40. The zero-order chi connectivity index (χ0) is 25.6. The number of hydrogen-bond donors (Lipinski definition) is 1. The first kappa shape index (κ1) is 23.9. The van der Waals surface area contributed by atoms with Gasteiger partial charge in [0.05, 0.1) is 23.0 Å². The number of aromatic nitrogens is 2. The Balaban J connectivity index is 1.60. The van der Waals surface area contributed by atoms with Gasteiger partial charge in [-0.3, -0.25) is 14.2 Å². The number of carbonyl (C=O) groups is 1. The number of benzene rings is 3. The summed E-state index contributed by atoms with van der Waals surface area (Å²) < 4.78 is 95.6. The zero-order valence-electron chi connectivity index (χ0n) is 17.5. The topological polar surface area (TPSA) is 64.0 Å². The van der Waals surface area contributed by atoms with Crippen LogP contribution in [0.3, 0.4) is 0 Å². The molecule has 0 aliphatic rings. The summed E-state index contributed by atoms with van der Waals surface area (Å²) in [4.78, 5) is 29.1. The SMILES string of the molecule is Cc1nc2cc(F)c(F)cc2c(=O)n1-c1ccc(NC(=O)Cc2c(F)c(F)c(F)c(F)c2F)cc1. The van der Waals surface area contributed by atoms with Crippen molar-refractivity contribution in [3.8, 4) is 5.69 Å². The first-order valence-electron chi connectivity index (χ1n) is 9.78. The van der Waals surface area contributed by atoms with Crippen LogP contribution in [-0.2, 0) is 11.2 Å². The highest BCUT2D eigenvalue weighted by Gasteiger charge is 2.27. The van der Waals surface area contributed by atoms with E-state index in [1.807, 2.05) is 0 Å². The Kier molecular flexibility index (Phi) is 6.05. The molecule has 0 unspecified atom stereocenters. The van der Waals surface area contributed by atoms with Crippen molar-refractivity contribution in [1.29, 1.82) is 0 Å². The van der Waals surface area contributed by atoms with Crippen LogP contribution in [0.5, 0.6) is 0 Å². The van der Waals surface area contributed by atoms with Crippen molar-refractivity contribution in [2.75, 3.05) is 5.32 Å². The van der Waals surface area contributed by atoms with Crippen molar-refractivity contribution >= 4 is 22.5 Å². The van der Waals surface area contributed by atoms with Gasteiger partial charge in [-0.1, -0.05) is 0 Å². The molecule has 0 spiro atoms. The van der Waals surface area contributed by atoms with Gasteiger partial charge in [0, 0.05) is 17.3 Å². The largest absolute Gasteiger partial charge is 0.326 e. The van der Waals surface area contributed by atoms with Gasteiger partial charge >= 0.3 is 0 Å². The summed E-state index contributed by atoms with van der Waals surface area (Å²) >= 11 is 0. The number of aryl methyl sites for hydroxylation is 1. The predicted molar refractivity (Wildman–Crippen MR) is 111 cm³/mol. The Bertz CT molecular complexity index is 1540. The average molecular weight is 495 g/mol. The van der Waals surface area contributed by atoms with Crippen molar-refractivity contribution in [2.45, 2.75) is 13.3 Å². The summed E-state index contributed by atoms with van der Waals surface area (Å²) in [5.74, 6) is -14.2. The summed E-state index contributed by atoms with van der Waals surface area (Å²) in [6, 6.07) is 6.84. The number of rotatable bonds is 4. The quantitative estimate of drug-likeness (QED) is 0.250. The summed E-state index contributed by atoms with van der Waals surface area (Å²) in [5.41, 5.74) is -1.70. The van der Waals surface area contributed by atoms with E-state index >= 15 is 0 Å². The standard InChI is InChI=1S/C23H12F7N3O2/c1-9-31-16-8-15(25)14(24)6-12(16)23(35)33(9)11-4-2-10(3-5-11)32-17(34)7-13-18(26)20(28)22(30)21(29)19(13)27/h2-6,8H,7H2,1H3,(H,32,34). The molecule has 0 atom stereocenters. The van der Waals surface area contributed by atoms with E-state index < -0.39 is 64.2 Å². The molecule has 3 aromatic carbocycles. The number of halogens is 7. The predicted octanol–water partition coefficient (Wildman–Crippen LogP) is 4.85. The molecule has 0 bridgehead atoms. The third-order valence-corrected chi connectivity index (χ3v) is 5.13. The van der Waals surface area contributed by atoms with Crippen molar-refractivity contribution in [1.82, 2.24) is 9.55 Å². The van der Waals surface area contributed by atoms with Gasteiger partial charge in [0.1, 0.15) is 5.82 Å². The minimum Gasteiger partial charge on any atom is -0.326 e. The highest BCUT2D eigenvalue weighted by Crippen LogP contribution is 2.24. The maximum Gasteiger partial charge on any atom is 0.266 e. The van der Waals surface area contributed by atoms with Gasteiger partial charge in [-0.2, -0.15) is 0 Å². The van der Waals surface area contributed by atoms with Crippen LogP contribution >= 0.6 is 0 Å². The molecular weight excluding hydrogens is 483 g/mol. The second-order valence-corrected chi connectivity index (χ2v) is 7.40. The van der Waals surface area contributed by atoms with Crippen molar-refractivity contribution in [3.05, 3.63) is 98.9 Å². The lowest BCUT2D eigenvalue weighted by Gasteiger charge is -2.12. The van der Waals surface area contributed by atoms with E-state index in [-0.39, 0.29) is 28.1 Å². The van der Waals surface area contributed by atoms with Crippen molar-refractivity contribution in [2.24, 2.45) is 0 Å². The number of fused-ring (bicyclic) bond motifs is 1. The number of anilines is 1. The lowest BCUT2D eigenvalue weighted by molar-refractivity contribution is -0.115. The number of nitrogens with zero attached hydrogens (tertiary/aromatic N) is 2. The van der Waals surface area contributed by atoms with Gasteiger partial charge in [-0.15, -0.1) is 0 Å². The molecule has 1 aromatic heterocycles. The molecule has 0 saturated carbocycles. The molecule has 35 heavy (non-hydrogen) atoms. The number of amides is 1. The third kappa shape index (κ3) is 4.22. The molecule has 1 amide bonds. The summed E-state index contributed by atoms with van der Waals surface area (Å²) in [5, 5.41) is 2.07. The summed E-state index contributed by atoms with van der Waals surface area (Å²) in [6.07, 6.45) is -1.14. The molecule has 5 nitrogen and oxygen atoms in total. The molecule has 180 valence electrons. The lowest BCUT2D eigenvalue weighted by atomic mass is 10.1. The van der Waals surface area contributed by atoms with Crippen LogP contribution < -0.4 is 10.9 Å². The van der Waals surface area contributed by atoms with Crippen LogP contribution in [0.1, 0.15) is 11.4 Å². The molecule has 0 fully saturated rings. The van der Waals surface area contributed by atoms with Gasteiger partial charge in [-0.25, -0.2) is 35.7 Å². The highest BCUT2D eigenvalue weighted by atomic mass is 19.2. The second kappa shape index (κ2) is 8.85. The minimum absolute atomic E-state index is 0.0420. The molecule has 0 aliphatic heterocycles. The molecular formula is C23H12F7N3O2. The zero-order valence-corrected chi connectivity index (χ0v) is 17.5. The fourth-order valence-electron chi connectivity index (χ4n) is 3.46. The van der Waals surface area contributed by atoms with E-state index in [4.69, 9.17) is 0 Å². The lowest BCUT2D eigenvalue weighted by Crippen LogP contribution is -2.22. The molecule has 4 aromatic rings. The fourth-order valence-corrected chi connectivity index (χ4v) is 3.46. The molecule has 0 aliphatic carbocycles. The van der Waals surface area contributed by atoms with Crippen LogP contribution in [0.2, 0.25) is 0 Å². The van der Waals surface area contributed by atoms with Crippen molar-refractivity contribution in [3.63, 3.8) is 0 Å². The van der Waals surface area contributed by atoms with Gasteiger partial charge < -0.3 is 5.32 Å². The van der Waals surface area contributed by atoms with E-state index in [1.165, 1.54) is 31.2 Å². The van der Waals surface area contributed by atoms with E-state index in [9.17, 15) is 40.3 Å². The highest BCUT2D eigenvalue weighted by molar-refractivity contribution is 5.92. The fraction of sp³-hybridized carbons (Fsp3) is 0.0870. The van der Waals surface area contributed by atoms with Crippen LogP contribution in [0, 0.1) is 47.6 Å². The third-order valence-electron chi connectivity index (χ3n) is 5.13. The van der Waals surface area contributed by atoms with Gasteiger partial charge in [0.2, 0.25) is 11.7 Å². The summed E-state index contributed by atoms with van der Waals surface area (Å²) in [6.45, 7) is 1.46. The average Bonchev–Trinajstić information content (AvgIpc) is 2.82. The first-order valence-corrected chi connectivity index (χ1v) is 9.78. The number of hydrogen-bond acceptors (Lipinski definition) is 3. The molecule has 1 heterocycles. The summed E-state index contributed by atoms with van der Waals surface area (Å²) in [7, 11) is 0. The molecule has 4 rings (SSSR count). The smallest absolute Gasteiger partial charge is 0.266 e. The first-order chi connectivity index (χ1) is 16.5. The van der Waals surface area contributed by atoms with Crippen LogP contribution in [0.4, 0.5) is 36.4 Å². The number of nitrogens with one attached hydrogen (secondary N) is 1. The Hall–Kier alpha value is -4.22. The van der Waals surface area contributed by atoms with Crippen LogP contribution in [0.15, 0.2) is 41.2 Å². The molecule has 12 heteroatoms.